The number of hydrogen-bond acceptors (Lipinski definition) is 9. The summed E-state index contributed by atoms with van der Waals surface area (Å²) >= 11 is 0. The Bertz CT molecular complexity index is 2570. The Morgan fingerprint density at radius 1 is 0.944 bits per heavy atom. The first kappa shape index (κ1) is 49.5. The van der Waals surface area contributed by atoms with Crippen molar-refractivity contribution in [1.82, 2.24) is 5.32 Å². The highest BCUT2D eigenvalue weighted by atomic mass is 16.5. The van der Waals surface area contributed by atoms with Gasteiger partial charge in [0.25, 0.3) is 0 Å². The van der Waals surface area contributed by atoms with E-state index < -0.39 is 0 Å². The van der Waals surface area contributed by atoms with Gasteiger partial charge < -0.3 is 35.8 Å². The SMILES string of the molecule is COCC1C2C=C3C4CC(C)CC3C1c1c(O)c(OC3CCCC3)cc(CCC(=O)C=C(CO)CCC3CCCC3)c1C#CCC(C2)N=C(N)NC1(CCCCC1)c1cccc(c1)Cc1cc(O)cc4c1. The number of phenolic OH excluding ortho intramolecular Hbond substituents is 2. The summed E-state index contributed by atoms with van der Waals surface area (Å²) in [7, 11) is 1.79. The van der Waals surface area contributed by atoms with Crippen LogP contribution in [0.25, 0.3) is 0 Å². The van der Waals surface area contributed by atoms with Crippen LogP contribution in [0.15, 0.2) is 76.8 Å². The van der Waals surface area contributed by atoms with Crippen LogP contribution in [0.2, 0.25) is 0 Å². The molecule has 1 spiro atoms. The zero-order chi connectivity index (χ0) is 49.1. The largest absolute Gasteiger partial charge is 0.508 e. The number of ether oxygens (including phenoxy) is 2. The van der Waals surface area contributed by atoms with Crippen molar-refractivity contribution in [2.75, 3.05) is 20.3 Å². The molecule has 0 saturated heterocycles. The van der Waals surface area contributed by atoms with Crippen LogP contribution >= 0.6 is 0 Å². The van der Waals surface area contributed by atoms with Gasteiger partial charge in [-0.1, -0.05) is 106 Å². The van der Waals surface area contributed by atoms with E-state index in [0.717, 1.165) is 110 Å². The number of carbonyl (C=O) groups is 1. The number of benzene rings is 3. The van der Waals surface area contributed by atoms with E-state index in [1.807, 2.05) is 18.2 Å². The van der Waals surface area contributed by atoms with Crippen molar-refractivity contribution in [3.63, 3.8) is 0 Å². The highest BCUT2D eigenvalue weighted by molar-refractivity contribution is 5.90. The molecule has 4 saturated carbocycles. The Morgan fingerprint density at radius 2 is 1.75 bits per heavy atom. The molecule has 1 heterocycles. The van der Waals surface area contributed by atoms with Gasteiger partial charge in [0.15, 0.2) is 23.2 Å². The molecule has 10 rings (SSSR count). The van der Waals surface area contributed by atoms with Gasteiger partial charge in [-0.3, -0.25) is 4.79 Å². The summed E-state index contributed by atoms with van der Waals surface area (Å²) in [5.74, 6) is 9.50. The number of methoxy groups -OCH3 is 1. The minimum absolute atomic E-state index is 0.000803. The molecule has 0 amide bonds. The van der Waals surface area contributed by atoms with E-state index in [2.05, 4.69) is 60.5 Å². The molecule has 3 aromatic rings. The molecule has 8 bridgehead atoms. The van der Waals surface area contributed by atoms with Crippen LogP contribution in [-0.4, -0.2) is 59.5 Å². The molecular weight excluding hydrogens is 883 g/mol. The van der Waals surface area contributed by atoms with Gasteiger partial charge in [-0.25, -0.2) is 4.99 Å². The molecule has 6 N–H and O–H groups in total. The number of hydrogen-bond donors (Lipinski definition) is 5. The number of aromatic hydroxyl groups is 2. The van der Waals surface area contributed by atoms with Crippen LogP contribution in [-0.2, 0) is 27.9 Å². The van der Waals surface area contributed by atoms with Crippen LogP contribution in [0.3, 0.4) is 0 Å². The van der Waals surface area contributed by atoms with Gasteiger partial charge in [0.1, 0.15) is 5.75 Å². The highest BCUT2D eigenvalue weighted by Crippen LogP contribution is 2.59. The second kappa shape index (κ2) is 22.0. The average molecular weight is 962 g/mol. The second-order valence-corrected chi connectivity index (χ2v) is 23.0. The van der Waals surface area contributed by atoms with Crippen molar-refractivity contribution in [2.24, 2.45) is 40.3 Å². The number of aliphatic imine (C=N–C) groups is 1. The quantitative estimate of drug-likeness (QED) is 0.0685. The number of fused-ring (bicyclic) bond motifs is 11. The fourth-order valence-corrected chi connectivity index (χ4v) is 14.6. The molecule has 9 nitrogen and oxygen atoms in total. The van der Waals surface area contributed by atoms with Crippen LogP contribution in [0.4, 0.5) is 0 Å². The standard InChI is InChI=1S/C62H79N3O6/c1-39-26-53-45-29-43(32-50(68)34-45)28-41-14-10-15-47(30-41)62(24-8-3-9-25-62)65-61(63)64-48-16-11-19-52-44(22-23-49(67)31-42(37-66)21-20-40-12-4-5-13-40)36-57(71-51-17-6-7-18-51)60(69)59(52)58-55(27-39)54(53)35-46(33-48)56(58)38-70-2/h10,14-15,29-32,34-36,39-40,46,48,51,53,55-56,58,66,68-69H,3-9,12-13,16-18,20-28,33,37-38H2,1-2H3,(H3,63,64,65). The lowest BCUT2D eigenvalue weighted by atomic mass is 9.55. The van der Waals surface area contributed by atoms with Gasteiger partial charge in [0.05, 0.1) is 30.9 Å². The third kappa shape index (κ3) is 11.0. The molecule has 378 valence electrons. The van der Waals surface area contributed by atoms with Gasteiger partial charge in [-0.2, -0.15) is 0 Å². The Hall–Kier alpha value is -5.04. The molecule has 6 aliphatic carbocycles. The lowest BCUT2D eigenvalue weighted by molar-refractivity contribution is -0.114. The number of nitrogens with two attached hydrogens (primary N) is 1. The summed E-state index contributed by atoms with van der Waals surface area (Å²) < 4.78 is 13.1. The molecule has 3 aromatic carbocycles. The normalized spacial score (nSPS) is 27.5. The van der Waals surface area contributed by atoms with Gasteiger partial charge in [0.2, 0.25) is 0 Å². The van der Waals surface area contributed by atoms with Crippen molar-refractivity contribution in [3.8, 4) is 29.1 Å². The molecule has 4 fully saturated rings. The Balaban J connectivity index is 1.13. The van der Waals surface area contributed by atoms with Gasteiger partial charge in [0, 0.05) is 42.9 Å². The van der Waals surface area contributed by atoms with E-state index in [1.165, 1.54) is 48.8 Å². The number of allylic oxidation sites excluding steroid dienone is 3. The molecule has 7 atom stereocenters. The van der Waals surface area contributed by atoms with Crippen molar-refractivity contribution < 1.29 is 29.6 Å². The van der Waals surface area contributed by atoms with Crippen molar-refractivity contribution >= 4 is 11.7 Å². The lowest BCUT2D eigenvalue weighted by Crippen LogP contribution is -2.50. The molecule has 71 heavy (non-hydrogen) atoms. The van der Waals surface area contributed by atoms with Gasteiger partial charge in [-0.05, 0) is 171 Å². The third-order valence-electron chi connectivity index (χ3n) is 18.0. The minimum atomic E-state index is -0.361. The Morgan fingerprint density at radius 3 is 2.54 bits per heavy atom. The number of aryl methyl sites for hydroxylation is 1. The smallest absolute Gasteiger partial charge is 0.189 e. The van der Waals surface area contributed by atoms with E-state index in [1.54, 1.807) is 13.2 Å². The number of aliphatic hydroxyl groups excluding tert-OH is 1. The van der Waals surface area contributed by atoms with E-state index in [9.17, 15) is 20.1 Å². The molecule has 0 aromatic heterocycles. The summed E-state index contributed by atoms with van der Waals surface area (Å²) in [4.78, 5) is 19.4. The maximum absolute atomic E-state index is 14.0. The van der Waals surface area contributed by atoms with E-state index in [0.29, 0.717) is 55.8 Å². The number of ketones is 1. The second-order valence-electron chi connectivity index (χ2n) is 23.0. The lowest BCUT2D eigenvalue weighted by Gasteiger charge is -2.49. The van der Waals surface area contributed by atoms with Crippen molar-refractivity contribution in [3.05, 3.63) is 111 Å². The van der Waals surface area contributed by atoms with E-state index >= 15 is 0 Å². The Kier molecular flexibility index (Phi) is 15.3. The number of nitrogens with zero attached hydrogens (tertiary/aromatic N) is 1. The topological polar surface area (TPSA) is 147 Å². The first-order chi connectivity index (χ1) is 34.6. The molecule has 0 radical (unpaired) electrons. The molecular formula is C62H79N3O6. The zero-order valence-corrected chi connectivity index (χ0v) is 42.5. The van der Waals surface area contributed by atoms with E-state index in [4.69, 9.17) is 20.2 Å². The van der Waals surface area contributed by atoms with Crippen LogP contribution in [0.1, 0.15) is 186 Å². The highest BCUT2D eigenvalue weighted by Gasteiger charge is 2.49. The molecule has 9 heteroatoms. The first-order valence-corrected chi connectivity index (χ1v) is 27.7. The summed E-state index contributed by atoms with van der Waals surface area (Å²) in [6.45, 7) is 2.71. The monoisotopic (exact) mass is 962 g/mol. The maximum atomic E-state index is 14.0. The average Bonchev–Trinajstić information content (AvgIpc) is 4.09. The molecule has 7 aliphatic rings. The summed E-state index contributed by atoms with van der Waals surface area (Å²) in [6.07, 6.45) is 24.7. The van der Waals surface area contributed by atoms with Gasteiger partial charge >= 0.3 is 0 Å². The minimum Gasteiger partial charge on any atom is -0.508 e. The molecule has 1 aliphatic heterocycles. The predicted molar refractivity (Wildman–Crippen MR) is 282 cm³/mol. The van der Waals surface area contributed by atoms with Crippen LogP contribution in [0, 0.1) is 41.4 Å². The van der Waals surface area contributed by atoms with Gasteiger partial charge in [-0.15, -0.1) is 0 Å². The summed E-state index contributed by atoms with van der Waals surface area (Å²) in [6, 6.07) is 17.0. The number of phenols is 2. The fraction of sp³-hybridized carbons (Fsp3) is 0.581. The number of guanidine groups is 1. The first-order valence-electron chi connectivity index (χ1n) is 27.7. The predicted octanol–water partition coefficient (Wildman–Crippen LogP) is 11.7. The van der Waals surface area contributed by atoms with E-state index in [-0.39, 0.29) is 77.6 Å². The Labute approximate surface area is 423 Å². The molecule has 7 unspecified atom stereocenters. The third-order valence-corrected chi connectivity index (χ3v) is 18.0. The fourth-order valence-electron chi connectivity index (χ4n) is 14.6. The summed E-state index contributed by atoms with van der Waals surface area (Å²) in [5.41, 5.74) is 16.1. The zero-order valence-electron chi connectivity index (χ0n) is 42.5. The summed E-state index contributed by atoms with van der Waals surface area (Å²) in [5, 5.41) is 38.8. The maximum Gasteiger partial charge on any atom is 0.189 e. The van der Waals surface area contributed by atoms with Crippen LogP contribution in [0.5, 0.6) is 17.2 Å². The number of aliphatic hydroxyl groups is 1. The van der Waals surface area contributed by atoms with Crippen molar-refractivity contribution in [1.29, 1.82) is 0 Å². The number of rotatable bonds is 12. The van der Waals surface area contributed by atoms with Crippen molar-refractivity contribution in [2.45, 2.75) is 178 Å². The number of nitrogens with one attached hydrogen (secondary N) is 1. The number of carbonyl (C=O) groups excluding carboxylic acids is 1. The van der Waals surface area contributed by atoms with Crippen LogP contribution < -0.4 is 15.8 Å².